The summed E-state index contributed by atoms with van der Waals surface area (Å²) in [6, 6.07) is -0.117. The van der Waals surface area contributed by atoms with Crippen LogP contribution in [0.4, 0.5) is 4.79 Å². The van der Waals surface area contributed by atoms with Gasteiger partial charge in [-0.3, -0.25) is 4.79 Å². The minimum absolute atomic E-state index is 0.117. The van der Waals surface area contributed by atoms with Crippen LogP contribution in [0.1, 0.15) is 25.7 Å². The number of carboxylic acids is 1. The normalized spacial score (nSPS) is 20.4. The number of urea groups is 1. The lowest BCUT2D eigenvalue weighted by atomic mass is 10.0. The Morgan fingerprint density at radius 3 is 2.56 bits per heavy atom. The molecule has 0 atom stereocenters. The minimum atomic E-state index is -0.808. The molecule has 0 unspecified atom stereocenters. The Labute approximate surface area is 94.8 Å². The maximum absolute atomic E-state index is 11.5. The molecule has 0 aromatic rings. The molecule has 1 heterocycles. The first-order valence-electron chi connectivity index (χ1n) is 5.92. The smallest absolute Gasteiger partial charge is 0.317 e. The zero-order valence-corrected chi connectivity index (χ0v) is 9.32. The van der Waals surface area contributed by atoms with Crippen LogP contribution in [0.3, 0.4) is 0 Å². The Kier molecular flexibility index (Phi) is 3.31. The number of rotatable bonds is 5. The number of nitrogens with one attached hydrogen (secondary N) is 1. The Balaban J connectivity index is 1.53. The number of hydrogen-bond donors (Lipinski definition) is 2. The maximum Gasteiger partial charge on any atom is 0.317 e. The van der Waals surface area contributed by atoms with E-state index in [4.69, 9.17) is 5.11 Å². The van der Waals surface area contributed by atoms with Crippen molar-refractivity contribution in [2.45, 2.75) is 25.7 Å². The van der Waals surface area contributed by atoms with E-state index in [9.17, 15) is 9.59 Å². The fourth-order valence-corrected chi connectivity index (χ4v) is 1.90. The summed E-state index contributed by atoms with van der Waals surface area (Å²) in [4.78, 5) is 23.6. The van der Waals surface area contributed by atoms with Crippen molar-refractivity contribution < 1.29 is 14.7 Å². The van der Waals surface area contributed by atoms with Gasteiger partial charge in [-0.05, 0) is 18.8 Å². The molecule has 0 aromatic heterocycles. The van der Waals surface area contributed by atoms with Gasteiger partial charge in [-0.15, -0.1) is 0 Å². The van der Waals surface area contributed by atoms with Gasteiger partial charge < -0.3 is 15.3 Å². The SMILES string of the molecule is O=C(O)C1CN(C(=O)NCCCC2CC2)C1. The minimum Gasteiger partial charge on any atom is -0.481 e. The highest BCUT2D eigenvalue weighted by molar-refractivity contribution is 5.79. The van der Waals surface area contributed by atoms with Crippen LogP contribution < -0.4 is 5.32 Å². The van der Waals surface area contributed by atoms with Crippen LogP contribution in [0, 0.1) is 11.8 Å². The molecule has 1 aliphatic heterocycles. The highest BCUT2D eigenvalue weighted by Gasteiger charge is 2.35. The van der Waals surface area contributed by atoms with Crippen LogP contribution in [0.25, 0.3) is 0 Å². The molecule has 5 nitrogen and oxygen atoms in total. The average Bonchev–Trinajstić information content (AvgIpc) is 2.92. The molecule has 0 aromatic carbocycles. The number of carbonyl (C=O) groups is 2. The van der Waals surface area contributed by atoms with E-state index in [1.165, 1.54) is 19.3 Å². The third-order valence-corrected chi connectivity index (χ3v) is 3.28. The van der Waals surface area contributed by atoms with E-state index in [1.54, 1.807) is 4.90 Å². The van der Waals surface area contributed by atoms with Gasteiger partial charge in [0.25, 0.3) is 0 Å². The molecule has 1 saturated heterocycles. The Bertz CT molecular complexity index is 283. The molecule has 2 fully saturated rings. The second kappa shape index (κ2) is 4.72. The van der Waals surface area contributed by atoms with Gasteiger partial charge in [0.15, 0.2) is 0 Å². The first kappa shape index (κ1) is 11.2. The summed E-state index contributed by atoms with van der Waals surface area (Å²) < 4.78 is 0. The van der Waals surface area contributed by atoms with E-state index >= 15 is 0 Å². The fourth-order valence-electron chi connectivity index (χ4n) is 1.90. The van der Waals surface area contributed by atoms with Gasteiger partial charge in [0.05, 0.1) is 5.92 Å². The number of hydrogen-bond acceptors (Lipinski definition) is 2. The molecule has 2 amide bonds. The predicted octanol–water partition coefficient (Wildman–Crippen LogP) is 0.903. The topological polar surface area (TPSA) is 69.6 Å². The lowest BCUT2D eigenvalue weighted by Crippen LogP contribution is -2.56. The van der Waals surface area contributed by atoms with Gasteiger partial charge in [-0.2, -0.15) is 0 Å². The Morgan fingerprint density at radius 1 is 1.31 bits per heavy atom. The molecule has 2 aliphatic rings. The number of carbonyl (C=O) groups excluding carboxylic acids is 1. The standard InChI is InChI=1S/C11H18N2O3/c14-10(15)9-6-13(7-9)11(16)12-5-1-2-8-3-4-8/h8-9H,1-7H2,(H,12,16)(H,14,15). The molecule has 2 N–H and O–H groups in total. The summed E-state index contributed by atoms with van der Waals surface area (Å²) in [5, 5.41) is 11.5. The quantitative estimate of drug-likeness (QED) is 0.684. The largest absolute Gasteiger partial charge is 0.481 e. The van der Waals surface area contributed by atoms with Crippen molar-refractivity contribution in [1.29, 1.82) is 0 Å². The van der Waals surface area contributed by atoms with Gasteiger partial charge in [-0.1, -0.05) is 12.8 Å². The molecule has 0 spiro atoms. The third kappa shape index (κ3) is 2.87. The number of aliphatic carboxylic acids is 1. The second-order valence-corrected chi connectivity index (χ2v) is 4.76. The monoisotopic (exact) mass is 226 g/mol. The van der Waals surface area contributed by atoms with Crippen molar-refractivity contribution in [1.82, 2.24) is 10.2 Å². The summed E-state index contributed by atoms with van der Waals surface area (Å²) >= 11 is 0. The molecule has 5 heteroatoms. The predicted molar refractivity (Wildman–Crippen MR) is 58.1 cm³/mol. The average molecular weight is 226 g/mol. The van der Waals surface area contributed by atoms with Crippen LogP contribution in [-0.2, 0) is 4.79 Å². The van der Waals surface area contributed by atoms with Crippen molar-refractivity contribution in [3.63, 3.8) is 0 Å². The fraction of sp³-hybridized carbons (Fsp3) is 0.818. The van der Waals surface area contributed by atoms with E-state index < -0.39 is 5.97 Å². The molecule has 1 aliphatic carbocycles. The summed E-state index contributed by atoms with van der Waals surface area (Å²) in [7, 11) is 0. The summed E-state index contributed by atoms with van der Waals surface area (Å²) in [5.41, 5.74) is 0. The number of carboxylic acid groups (broad SMARTS) is 1. The number of likely N-dealkylation sites (tertiary alicyclic amines) is 1. The van der Waals surface area contributed by atoms with E-state index in [0.717, 1.165) is 12.3 Å². The van der Waals surface area contributed by atoms with Crippen LogP contribution in [0.2, 0.25) is 0 Å². The van der Waals surface area contributed by atoms with Crippen molar-refractivity contribution in [2.24, 2.45) is 11.8 Å². The highest BCUT2D eigenvalue weighted by atomic mass is 16.4. The molecule has 16 heavy (non-hydrogen) atoms. The van der Waals surface area contributed by atoms with Gasteiger partial charge >= 0.3 is 12.0 Å². The van der Waals surface area contributed by atoms with Crippen LogP contribution in [-0.4, -0.2) is 41.6 Å². The molecule has 90 valence electrons. The van der Waals surface area contributed by atoms with E-state index in [0.29, 0.717) is 19.6 Å². The third-order valence-electron chi connectivity index (χ3n) is 3.28. The summed E-state index contributed by atoms with van der Waals surface area (Å²) in [5.74, 6) is -0.271. The first-order chi connectivity index (χ1) is 7.66. The molecule has 1 saturated carbocycles. The molecular formula is C11H18N2O3. The van der Waals surface area contributed by atoms with Gasteiger partial charge in [0, 0.05) is 19.6 Å². The number of nitrogens with zero attached hydrogens (tertiary/aromatic N) is 1. The van der Waals surface area contributed by atoms with Crippen molar-refractivity contribution >= 4 is 12.0 Å². The van der Waals surface area contributed by atoms with Crippen molar-refractivity contribution in [2.75, 3.05) is 19.6 Å². The summed E-state index contributed by atoms with van der Waals surface area (Å²) in [6.45, 7) is 1.41. The molecule has 0 bridgehead atoms. The van der Waals surface area contributed by atoms with Crippen LogP contribution in [0.15, 0.2) is 0 Å². The van der Waals surface area contributed by atoms with Crippen molar-refractivity contribution in [3.05, 3.63) is 0 Å². The van der Waals surface area contributed by atoms with Gasteiger partial charge in [0.1, 0.15) is 0 Å². The molecule has 2 rings (SSSR count). The summed E-state index contributed by atoms with van der Waals surface area (Å²) in [6.07, 6.45) is 4.94. The first-order valence-corrected chi connectivity index (χ1v) is 5.92. The lowest BCUT2D eigenvalue weighted by Gasteiger charge is -2.36. The van der Waals surface area contributed by atoms with Gasteiger partial charge in [0.2, 0.25) is 0 Å². The van der Waals surface area contributed by atoms with E-state index in [-0.39, 0.29) is 11.9 Å². The zero-order valence-electron chi connectivity index (χ0n) is 9.32. The van der Waals surface area contributed by atoms with Gasteiger partial charge in [-0.25, -0.2) is 4.79 Å². The Hall–Kier alpha value is -1.26. The second-order valence-electron chi connectivity index (χ2n) is 4.76. The maximum atomic E-state index is 11.5. The zero-order chi connectivity index (χ0) is 11.5. The highest BCUT2D eigenvalue weighted by Crippen LogP contribution is 2.33. The number of amides is 2. The van der Waals surface area contributed by atoms with Crippen molar-refractivity contribution in [3.8, 4) is 0 Å². The van der Waals surface area contributed by atoms with Crippen LogP contribution in [0.5, 0.6) is 0 Å². The lowest BCUT2D eigenvalue weighted by molar-refractivity contribution is -0.146. The van der Waals surface area contributed by atoms with Crippen LogP contribution >= 0.6 is 0 Å². The van der Waals surface area contributed by atoms with E-state index in [1.807, 2.05) is 0 Å². The Morgan fingerprint density at radius 2 is 2.00 bits per heavy atom. The van der Waals surface area contributed by atoms with E-state index in [2.05, 4.69) is 5.32 Å². The molecular weight excluding hydrogens is 208 g/mol. The molecule has 0 radical (unpaired) electrons.